The fraction of sp³-hybridized carbons (Fsp3) is 0.417. The zero-order chi connectivity index (χ0) is 13.9. The minimum absolute atomic E-state index is 0.0388. The molecule has 2 N–H and O–H groups in total. The van der Waals surface area contributed by atoms with Crippen molar-refractivity contribution in [3.05, 3.63) is 34.2 Å². The van der Waals surface area contributed by atoms with Crippen LogP contribution in [-0.2, 0) is 7.05 Å². The van der Waals surface area contributed by atoms with Crippen molar-refractivity contribution in [1.82, 2.24) is 9.47 Å². The van der Waals surface area contributed by atoms with Gasteiger partial charge in [0.05, 0.1) is 11.5 Å². The number of hydrogen-bond acceptors (Lipinski definition) is 3. The van der Waals surface area contributed by atoms with Crippen LogP contribution in [0.1, 0.15) is 24.2 Å². The summed E-state index contributed by atoms with van der Waals surface area (Å²) in [6.07, 6.45) is 1.56. The number of rotatable bonds is 4. The molecule has 0 aromatic carbocycles. The van der Waals surface area contributed by atoms with Gasteiger partial charge in [-0.3, -0.25) is 9.59 Å². The first-order chi connectivity index (χ1) is 8.32. The zero-order valence-electron chi connectivity index (χ0n) is 10.7. The Kier molecular flexibility index (Phi) is 4.61. The lowest BCUT2D eigenvalue weighted by Crippen LogP contribution is -2.42. The van der Waals surface area contributed by atoms with Crippen molar-refractivity contribution in [3.8, 4) is 0 Å². The molecule has 0 atom stereocenters. The van der Waals surface area contributed by atoms with E-state index in [1.165, 1.54) is 15.5 Å². The van der Waals surface area contributed by atoms with Gasteiger partial charge < -0.3 is 15.2 Å². The molecule has 0 bridgehead atoms. The molecule has 1 rings (SSSR count). The number of thiocarbonyl (C=S) groups is 1. The maximum Gasteiger partial charge on any atom is 0.254 e. The summed E-state index contributed by atoms with van der Waals surface area (Å²) in [4.78, 5) is 25.5. The number of nitrogens with zero attached hydrogens (tertiary/aromatic N) is 2. The fourth-order valence-electron chi connectivity index (χ4n) is 1.50. The van der Waals surface area contributed by atoms with Crippen molar-refractivity contribution in [1.29, 1.82) is 0 Å². The highest BCUT2D eigenvalue weighted by Gasteiger charge is 2.19. The van der Waals surface area contributed by atoms with E-state index in [4.69, 9.17) is 18.0 Å². The van der Waals surface area contributed by atoms with Crippen LogP contribution in [0, 0.1) is 0 Å². The minimum Gasteiger partial charge on any atom is -0.392 e. The Morgan fingerprint density at radius 2 is 2.17 bits per heavy atom. The largest absolute Gasteiger partial charge is 0.392 e. The van der Waals surface area contributed by atoms with Crippen molar-refractivity contribution in [3.63, 3.8) is 0 Å². The van der Waals surface area contributed by atoms with Gasteiger partial charge in [-0.1, -0.05) is 12.2 Å². The summed E-state index contributed by atoms with van der Waals surface area (Å²) in [5, 5.41) is 0. The van der Waals surface area contributed by atoms with Gasteiger partial charge >= 0.3 is 0 Å². The molecule has 0 radical (unpaired) electrons. The second-order valence-electron chi connectivity index (χ2n) is 4.36. The fourth-order valence-corrected chi connectivity index (χ4v) is 1.64. The number of aryl methyl sites for hydroxylation is 1. The van der Waals surface area contributed by atoms with E-state index in [0.717, 1.165) is 0 Å². The maximum absolute atomic E-state index is 12.2. The predicted molar refractivity (Wildman–Crippen MR) is 74.6 cm³/mol. The number of amides is 1. The molecule has 0 spiro atoms. The number of pyridine rings is 1. The van der Waals surface area contributed by atoms with Crippen LogP contribution in [0.2, 0.25) is 0 Å². The number of aromatic nitrogens is 1. The summed E-state index contributed by atoms with van der Waals surface area (Å²) >= 11 is 4.82. The molecular weight excluding hydrogens is 250 g/mol. The second-order valence-corrected chi connectivity index (χ2v) is 4.88. The second kappa shape index (κ2) is 5.77. The van der Waals surface area contributed by atoms with E-state index in [9.17, 15) is 9.59 Å². The number of nitrogens with two attached hydrogens (primary N) is 1. The Bertz CT molecular complexity index is 522. The van der Waals surface area contributed by atoms with Crippen molar-refractivity contribution in [2.45, 2.75) is 19.9 Å². The SMILES string of the molecule is CC(C)N(CC(N)=S)C(=O)c1ccn(C)c(=O)c1. The average molecular weight is 267 g/mol. The molecule has 0 aliphatic heterocycles. The highest BCUT2D eigenvalue weighted by atomic mass is 32.1. The maximum atomic E-state index is 12.2. The van der Waals surface area contributed by atoms with Gasteiger partial charge in [-0.2, -0.15) is 0 Å². The van der Waals surface area contributed by atoms with E-state index in [1.54, 1.807) is 19.3 Å². The van der Waals surface area contributed by atoms with Crippen LogP contribution >= 0.6 is 12.2 Å². The lowest BCUT2D eigenvalue weighted by molar-refractivity contribution is 0.0736. The molecular formula is C12H17N3O2S. The molecule has 18 heavy (non-hydrogen) atoms. The quantitative estimate of drug-likeness (QED) is 0.808. The topological polar surface area (TPSA) is 68.3 Å². The molecule has 1 amide bonds. The van der Waals surface area contributed by atoms with Gasteiger partial charge in [0.15, 0.2) is 0 Å². The van der Waals surface area contributed by atoms with E-state index in [2.05, 4.69) is 0 Å². The smallest absolute Gasteiger partial charge is 0.254 e. The zero-order valence-corrected chi connectivity index (χ0v) is 11.5. The van der Waals surface area contributed by atoms with Crippen LogP contribution in [0.15, 0.2) is 23.1 Å². The molecule has 0 fully saturated rings. The standard InChI is InChI=1S/C12H17N3O2S/c1-8(2)15(7-10(13)18)12(17)9-4-5-14(3)11(16)6-9/h4-6,8H,7H2,1-3H3,(H2,13,18). The summed E-state index contributed by atoms with van der Waals surface area (Å²) in [5.74, 6) is -0.240. The molecule has 0 unspecified atom stereocenters. The first kappa shape index (κ1) is 14.4. The lowest BCUT2D eigenvalue weighted by Gasteiger charge is -2.26. The van der Waals surface area contributed by atoms with Gasteiger partial charge in [0.2, 0.25) is 0 Å². The third-order valence-electron chi connectivity index (χ3n) is 2.56. The van der Waals surface area contributed by atoms with Crippen molar-refractivity contribution >= 4 is 23.1 Å². The molecule has 0 aliphatic rings. The molecule has 0 saturated heterocycles. The third kappa shape index (κ3) is 3.40. The number of carbonyl (C=O) groups is 1. The molecule has 1 heterocycles. The van der Waals surface area contributed by atoms with Gasteiger partial charge in [0.1, 0.15) is 0 Å². The predicted octanol–water partition coefficient (Wildman–Crippen LogP) is 0.522. The molecule has 5 nitrogen and oxygen atoms in total. The number of hydrogen-bond donors (Lipinski definition) is 1. The monoisotopic (exact) mass is 267 g/mol. The van der Waals surface area contributed by atoms with E-state index in [-0.39, 0.29) is 29.0 Å². The van der Waals surface area contributed by atoms with Crippen LogP contribution in [0.4, 0.5) is 0 Å². The summed E-state index contributed by atoms with van der Waals surface area (Å²) in [5.41, 5.74) is 5.60. The van der Waals surface area contributed by atoms with Gasteiger partial charge in [-0.25, -0.2) is 0 Å². The van der Waals surface area contributed by atoms with E-state index >= 15 is 0 Å². The molecule has 0 aliphatic carbocycles. The van der Waals surface area contributed by atoms with Crippen LogP contribution in [0.25, 0.3) is 0 Å². The minimum atomic E-state index is -0.240. The average Bonchev–Trinajstić information content (AvgIpc) is 2.28. The Morgan fingerprint density at radius 3 is 2.61 bits per heavy atom. The van der Waals surface area contributed by atoms with E-state index < -0.39 is 0 Å². The van der Waals surface area contributed by atoms with Gasteiger partial charge in [-0.15, -0.1) is 0 Å². The van der Waals surface area contributed by atoms with Gasteiger partial charge in [0.25, 0.3) is 11.5 Å². The normalized spacial score (nSPS) is 10.4. The Morgan fingerprint density at radius 1 is 1.56 bits per heavy atom. The highest BCUT2D eigenvalue weighted by Crippen LogP contribution is 2.06. The summed E-state index contributed by atoms with van der Waals surface area (Å²) in [6.45, 7) is 3.95. The Labute approximate surface area is 111 Å². The molecule has 6 heteroatoms. The van der Waals surface area contributed by atoms with Crippen molar-refractivity contribution in [2.75, 3.05) is 6.54 Å². The summed E-state index contributed by atoms with van der Waals surface area (Å²) < 4.78 is 1.41. The lowest BCUT2D eigenvalue weighted by atomic mass is 10.2. The first-order valence-corrected chi connectivity index (χ1v) is 5.99. The van der Waals surface area contributed by atoms with Crippen molar-refractivity contribution < 1.29 is 4.79 Å². The van der Waals surface area contributed by atoms with Crippen LogP contribution < -0.4 is 11.3 Å². The molecule has 1 aromatic heterocycles. The summed E-state index contributed by atoms with van der Waals surface area (Å²) in [7, 11) is 1.63. The molecule has 0 saturated carbocycles. The first-order valence-electron chi connectivity index (χ1n) is 5.59. The third-order valence-corrected chi connectivity index (χ3v) is 2.69. The van der Waals surface area contributed by atoms with Crippen LogP contribution in [0.5, 0.6) is 0 Å². The molecule has 1 aromatic rings. The van der Waals surface area contributed by atoms with E-state index in [0.29, 0.717) is 5.56 Å². The van der Waals surface area contributed by atoms with Crippen molar-refractivity contribution in [2.24, 2.45) is 12.8 Å². The Balaban J connectivity index is 3.05. The van der Waals surface area contributed by atoms with Crippen LogP contribution in [0.3, 0.4) is 0 Å². The van der Waals surface area contributed by atoms with Crippen LogP contribution in [-0.4, -0.2) is 32.9 Å². The molecule has 98 valence electrons. The Hall–Kier alpha value is -1.69. The van der Waals surface area contributed by atoms with Gasteiger partial charge in [0, 0.05) is 30.9 Å². The number of carbonyl (C=O) groups excluding carboxylic acids is 1. The summed E-state index contributed by atoms with van der Waals surface area (Å²) in [6, 6.07) is 2.89. The van der Waals surface area contributed by atoms with Gasteiger partial charge in [-0.05, 0) is 19.9 Å². The highest BCUT2D eigenvalue weighted by molar-refractivity contribution is 7.80. The van der Waals surface area contributed by atoms with E-state index in [1.807, 2.05) is 13.8 Å².